The van der Waals surface area contributed by atoms with Crippen LogP contribution in [0.1, 0.15) is 5.56 Å². The van der Waals surface area contributed by atoms with E-state index in [9.17, 15) is 14.0 Å². The Kier molecular flexibility index (Phi) is 9.81. The highest BCUT2D eigenvalue weighted by molar-refractivity contribution is 6.34. The highest BCUT2D eigenvalue weighted by Crippen LogP contribution is 2.41. The van der Waals surface area contributed by atoms with E-state index in [1.54, 1.807) is 6.07 Å². The van der Waals surface area contributed by atoms with E-state index in [-0.39, 0.29) is 65.8 Å². The summed E-state index contributed by atoms with van der Waals surface area (Å²) in [5, 5.41) is 14.3. The quantitative estimate of drug-likeness (QED) is 0.337. The summed E-state index contributed by atoms with van der Waals surface area (Å²) in [5.41, 5.74) is 0.335. The fraction of sp³-hybridized carbons (Fsp3) is 0.385. The van der Waals surface area contributed by atoms with Crippen molar-refractivity contribution in [1.82, 2.24) is 10.6 Å². The number of nitrogens with zero attached hydrogens (tertiary/aromatic N) is 3. The lowest BCUT2D eigenvalue weighted by molar-refractivity contribution is -0.123. The Morgan fingerprint density at radius 3 is 2.63 bits per heavy atom. The number of anilines is 1. The van der Waals surface area contributed by atoms with E-state index in [0.717, 1.165) is 0 Å². The van der Waals surface area contributed by atoms with Gasteiger partial charge in [0.25, 0.3) is 5.91 Å². The number of amidine groups is 1. The summed E-state index contributed by atoms with van der Waals surface area (Å²) in [7, 11) is 4.32. The van der Waals surface area contributed by atoms with Gasteiger partial charge in [0.1, 0.15) is 30.8 Å². The average molecular weight is 594 g/mol. The van der Waals surface area contributed by atoms with Gasteiger partial charge < -0.3 is 39.4 Å². The van der Waals surface area contributed by atoms with Crippen LogP contribution >= 0.6 is 11.6 Å². The average Bonchev–Trinajstić information content (AvgIpc) is 3.29. The van der Waals surface area contributed by atoms with E-state index in [1.807, 2.05) is 0 Å². The van der Waals surface area contributed by atoms with Crippen molar-refractivity contribution in [2.75, 3.05) is 52.6 Å². The van der Waals surface area contributed by atoms with Gasteiger partial charge in [-0.05, 0) is 12.1 Å². The van der Waals surface area contributed by atoms with Crippen molar-refractivity contribution in [3.05, 3.63) is 46.7 Å². The first-order valence-electron chi connectivity index (χ1n) is 12.4. The fourth-order valence-corrected chi connectivity index (χ4v) is 4.46. The Morgan fingerprint density at radius 2 is 1.93 bits per heavy atom. The first kappa shape index (κ1) is 29.8. The normalized spacial score (nSPS) is 17.7. The Bertz CT molecular complexity index is 1360. The summed E-state index contributed by atoms with van der Waals surface area (Å²) >= 11 is 6.63. The van der Waals surface area contributed by atoms with Crippen LogP contribution in [0.25, 0.3) is 0 Å². The third-order valence-electron chi connectivity index (χ3n) is 6.06. The molecule has 220 valence electrons. The van der Waals surface area contributed by atoms with E-state index in [1.165, 1.54) is 50.5 Å². The zero-order chi connectivity index (χ0) is 29.5. The van der Waals surface area contributed by atoms with Crippen molar-refractivity contribution in [3.8, 4) is 17.2 Å². The van der Waals surface area contributed by atoms with Crippen LogP contribution in [0.5, 0.6) is 17.2 Å². The van der Waals surface area contributed by atoms with Crippen molar-refractivity contribution < 1.29 is 42.8 Å². The molecule has 2 aliphatic rings. The van der Waals surface area contributed by atoms with Crippen LogP contribution in [0.15, 0.2) is 40.3 Å². The number of hydrogen-bond donors (Lipinski definition) is 3. The molecule has 2 unspecified atom stereocenters. The van der Waals surface area contributed by atoms with Gasteiger partial charge in [-0.15, -0.1) is 0 Å². The second-order valence-electron chi connectivity index (χ2n) is 8.67. The van der Waals surface area contributed by atoms with Gasteiger partial charge in [0, 0.05) is 25.8 Å². The molecule has 2 atom stereocenters. The third kappa shape index (κ3) is 6.61. The minimum Gasteiger partial charge on any atom is -0.496 e. The van der Waals surface area contributed by atoms with E-state index in [4.69, 9.17) is 40.4 Å². The smallest absolute Gasteiger partial charge is 0.324 e. The summed E-state index contributed by atoms with van der Waals surface area (Å²) in [6.07, 6.45) is -0.826. The van der Waals surface area contributed by atoms with Crippen molar-refractivity contribution in [3.63, 3.8) is 0 Å². The molecule has 41 heavy (non-hydrogen) atoms. The number of urea groups is 1. The summed E-state index contributed by atoms with van der Waals surface area (Å²) in [6, 6.07) is 5.91. The lowest BCUT2D eigenvalue weighted by Crippen LogP contribution is -2.45. The molecule has 1 saturated heterocycles. The Labute approximate surface area is 239 Å². The number of methoxy groups -OCH3 is 3. The Balaban J connectivity index is 1.70. The predicted molar refractivity (Wildman–Crippen MR) is 147 cm³/mol. The number of fused-ring (bicyclic) bond motifs is 1. The number of nitrogens with one attached hydrogen (secondary N) is 2. The van der Waals surface area contributed by atoms with Crippen molar-refractivity contribution >= 4 is 41.0 Å². The van der Waals surface area contributed by atoms with E-state index in [2.05, 4.69) is 20.6 Å². The molecule has 0 radical (unpaired) electrons. The number of rotatable bonds is 12. The van der Waals surface area contributed by atoms with Gasteiger partial charge in [0.15, 0.2) is 30.1 Å². The number of halogens is 2. The van der Waals surface area contributed by atoms with E-state index >= 15 is 0 Å². The molecular weight excluding hydrogens is 565 g/mol. The third-order valence-corrected chi connectivity index (χ3v) is 6.37. The molecule has 2 aliphatic heterocycles. The zero-order valence-electron chi connectivity index (χ0n) is 22.5. The number of amides is 3. The van der Waals surface area contributed by atoms with Crippen molar-refractivity contribution in [2.45, 2.75) is 18.8 Å². The highest BCUT2D eigenvalue weighted by Gasteiger charge is 2.47. The second kappa shape index (κ2) is 13.5. The Hall–Kier alpha value is -4.14. The number of hydrogen-bond acceptors (Lipinski definition) is 10. The van der Waals surface area contributed by atoms with E-state index in [0.29, 0.717) is 5.84 Å². The van der Waals surface area contributed by atoms with Gasteiger partial charge in [-0.25, -0.2) is 14.2 Å². The summed E-state index contributed by atoms with van der Waals surface area (Å²) in [6.45, 7) is -0.824. The molecule has 0 saturated carbocycles. The largest absolute Gasteiger partial charge is 0.496 e. The number of carbonyl (C=O) groups is 2. The number of ether oxygens (including phenoxy) is 5. The SMILES string of the molecule is COCC1=NC2C(NC(=O)N2c2cc(OCc3c(F)cccc3OC)c(OCC(=O)NCCO)cc2Cl)C(OC)=N1. The summed E-state index contributed by atoms with van der Waals surface area (Å²) in [5.74, 6) is -0.146. The lowest BCUT2D eigenvalue weighted by atomic mass is 10.1. The molecule has 0 bridgehead atoms. The highest BCUT2D eigenvalue weighted by atomic mass is 35.5. The molecule has 0 spiro atoms. The van der Waals surface area contributed by atoms with Crippen molar-refractivity contribution in [1.29, 1.82) is 0 Å². The minimum atomic E-state index is -0.826. The molecule has 3 amide bonds. The number of carbonyl (C=O) groups excluding carboxylic acids is 2. The predicted octanol–water partition coefficient (Wildman–Crippen LogP) is 1.88. The first-order chi connectivity index (χ1) is 19.8. The monoisotopic (exact) mass is 593 g/mol. The maximum atomic E-state index is 14.6. The van der Waals surface area contributed by atoms with E-state index < -0.39 is 36.6 Å². The molecular formula is C26H29ClFN5O8. The molecule has 0 aromatic heterocycles. The number of aliphatic hydroxyl groups is 1. The number of benzene rings is 2. The molecule has 0 aliphatic carbocycles. The topological polar surface area (TPSA) is 153 Å². The summed E-state index contributed by atoms with van der Waals surface area (Å²) < 4.78 is 42.0. The van der Waals surface area contributed by atoms with Crippen LogP contribution in [0.2, 0.25) is 5.02 Å². The number of aliphatic imine (C=N–C) groups is 2. The fourth-order valence-electron chi connectivity index (χ4n) is 4.21. The van der Waals surface area contributed by atoms with Crippen LogP contribution in [-0.2, 0) is 20.9 Å². The second-order valence-corrected chi connectivity index (χ2v) is 9.07. The van der Waals surface area contributed by atoms with Gasteiger partial charge >= 0.3 is 6.03 Å². The van der Waals surface area contributed by atoms with Crippen LogP contribution in [0.3, 0.4) is 0 Å². The lowest BCUT2D eigenvalue weighted by Gasteiger charge is -2.27. The minimum absolute atomic E-state index is 0.0449. The molecule has 2 aromatic carbocycles. The standard InChI is InChI=1S/C26H29ClFN5O8/c1-37-12-21-30-24-23(25(31-21)39-3)32-26(36)33(24)17-10-20(40-11-14-16(28)5-4-6-18(14)38-2)19(9-15(17)27)41-13-22(35)29-7-8-34/h4-6,9-10,23-24,34H,7-8,11-13H2,1-3H3,(H,29,35)(H,32,36). The van der Waals surface area contributed by atoms with Crippen LogP contribution < -0.4 is 29.7 Å². The van der Waals surface area contributed by atoms with Gasteiger partial charge in [0.2, 0.25) is 5.90 Å². The Morgan fingerprint density at radius 1 is 1.15 bits per heavy atom. The maximum Gasteiger partial charge on any atom is 0.324 e. The zero-order valence-corrected chi connectivity index (χ0v) is 23.2. The molecule has 3 N–H and O–H groups in total. The molecule has 4 rings (SSSR count). The van der Waals surface area contributed by atoms with Crippen LogP contribution in [0, 0.1) is 5.82 Å². The van der Waals surface area contributed by atoms with Crippen LogP contribution in [-0.4, -0.2) is 88.7 Å². The molecule has 2 heterocycles. The molecule has 2 aromatic rings. The van der Waals surface area contributed by atoms with Crippen molar-refractivity contribution in [2.24, 2.45) is 9.98 Å². The van der Waals surface area contributed by atoms with Crippen LogP contribution in [0.4, 0.5) is 14.9 Å². The molecule has 13 nitrogen and oxygen atoms in total. The van der Waals surface area contributed by atoms with Gasteiger partial charge in [-0.3, -0.25) is 9.69 Å². The number of aliphatic hydroxyl groups excluding tert-OH is 1. The molecule has 1 fully saturated rings. The summed E-state index contributed by atoms with van der Waals surface area (Å²) in [4.78, 5) is 35.4. The first-order valence-corrected chi connectivity index (χ1v) is 12.7. The van der Waals surface area contributed by atoms with Gasteiger partial charge in [-0.1, -0.05) is 17.7 Å². The van der Waals surface area contributed by atoms with Gasteiger partial charge in [0.05, 0.1) is 37.1 Å². The van der Waals surface area contributed by atoms with Gasteiger partial charge in [-0.2, -0.15) is 4.99 Å². The molecule has 15 heteroatoms. The maximum absolute atomic E-state index is 14.6.